The number of benzene rings is 1. The van der Waals surface area contributed by atoms with E-state index in [-0.39, 0.29) is 5.54 Å². The predicted molar refractivity (Wildman–Crippen MR) is 94.2 cm³/mol. The Balaban J connectivity index is 2.40. The van der Waals surface area contributed by atoms with Crippen molar-refractivity contribution in [1.29, 1.82) is 0 Å². The van der Waals surface area contributed by atoms with Gasteiger partial charge in [-0.25, -0.2) is 0 Å². The number of nitrogens with one attached hydrogen (secondary N) is 1. The van der Waals surface area contributed by atoms with Gasteiger partial charge in [-0.15, -0.1) is 0 Å². The second kappa shape index (κ2) is 6.95. The number of hydrogen-bond acceptors (Lipinski definition) is 2. The van der Waals surface area contributed by atoms with Gasteiger partial charge in [0.25, 0.3) is 0 Å². The third-order valence-electron chi connectivity index (χ3n) is 4.75. The summed E-state index contributed by atoms with van der Waals surface area (Å²) in [6.07, 6.45) is 3.25. The lowest BCUT2D eigenvalue weighted by Gasteiger charge is -2.48. The second-order valence-electron chi connectivity index (χ2n) is 5.78. The molecule has 0 saturated carbocycles. The van der Waals surface area contributed by atoms with Crippen molar-refractivity contribution >= 4 is 40.5 Å². The maximum atomic E-state index is 6.43. The van der Waals surface area contributed by atoms with Crippen molar-refractivity contribution in [1.82, 2.24) is 5.32 Å². The fraction of sp³-hybridized carbons (Fsp3) is 0.625. The van der Waals surface area contributed by atoms with Gasteiger partial charge in [0, 0.05) is 24.7 Å². The number of nitrogens with zero attached hydrogens (tertiary/aromatic N) is 1. The van der Waals surface area contributed by atoms with E-state index in [0.29, 0.717) is 21.1 Å². The molecule has 0 bridgehead atoms. The van der Waals surface area contributed by atoms with Crippen molar-refractivity contribution in [3.63, 3.8) is 0 Å². The van der Waals surface area contributed by atoms with Gasteiger partial charge in [0.05, 0.1) is 20.8 Å². The fourth-order valence-electron chi connectivity index (χ4n) is 3.06. The zero-order chi connectivity index (χ0) is 15.6. The van der Waals surface area contributed by atoms with Gasteiger partial charge in [0.15, 0.2) is 0 Å². The fourth-order valence-corrected chi connectivity index (χ4v) is 3.71. The molecule has 0 radical (unpaired) electrons. The van der Waals surface area contributed by atoms with Gasteiger partial charge in [0.2, 0.25) is 0 Å². The van der Waals surface area contributed by atoms with E-state index in [1.165, 1.54) is 0 Å². The van der Waals surface area contributed by atoms with Crippen molar-refractivity contribution < 1.29 is 0 Å². The van der Waals surface area contributed by atoms with Gasteiger partial charge >= 0.3 is 0 Å². The average molecular weight is 350 g/mol. The maximum absolute atomic E-state index is 6.43. The molecule has 0 aromatic heterocycles. The molecule has 1 fully saturated rings. The van der Waals surface area contributed by atoms with E-state index < -0.39 is 0 Å². The monoisotopic (exact) mass is 348 g/mol. The first-order valence-electron chi connectivity index (χ1n) is 7.62. The molecule has 1 aliphatic heterocycles. The summed E-state index contributed by atoms with van der Waals surface area (Å²) < 4.78 is 0. The van der Waals surface area contributed by atoms with E-state index in [9.17, 15) is 0 Å². The minimum atomic E-state index is 0.140. The molecule has 0 aliphatic carbocycles. The van der Waals surface area contributed by atoms with Gasteiger partial charge in [-0.1, -0.05) is 55.6 Å². The second-order valence-corrected chi connectivity index (χ2v) is 7.00. The molecule has 0 amide bonds. The van der Waals surface area contributed by atoms with Crippen LogP contribution in [0.5, 0.6) is 0 Å². The van der Waals surface area contributed by atoms with Crippen LogP contribution in [-0.2, 0) is 0 Å². The molecule has 1 saturated heterocycles. The Hall–Kier alpha value is -0.150. The van der Waals surface area contributed by atoms with Crippen LogP contribution in [0, 0.1) is 0 Å². The number of hydrogen-bond donors (Lipinski definition) is 1. The third kappa shape index (κ3) is 3.44. The molecule has 1 aliphatic rings. The molecule has 1 aromatic carbocycles. The van der Waals surface area contributed by atoms with Crippen molar-refractivity contribution in [2.24, 2.45) is 0 Å². The van der Waals surface area contributed by atoms with E-state index in [1.54, 1.807) is 6.07 Å². The van der Waals surface area contributed by atoms with Gasteiger partial charge in [0.1, 0.15) is 0 Å². The SMILES string of the molecule is CCC1CNC(CC)(CC)CN1c1cc(Cl)c(Cl)cc1Cl. The van der Waals surface area contributed by atoms with Crippen molar-refractivity contribution in [3.05, 3.63) is 27.2 Å². The molecule has 1 heterocycles. The molecular formula is C16H23Cl3N2. The Labute approximate surface area is 142 Å². The lowest BCUT2D eigenvalue weighted by molar-refractivity contribution is 0.246. The molecule has 21 heavy (non-hydrogen) atoms. The van der Waals surface area contributed by atoms with E-state index in [0.717, 1.165) is 38.0 Å². The zero-order valence-electron chi connectivity index (χ0n) is 12.8. The standard InChI is InChI=1S/C16H23Cl3N2/c1-4-11-9-20-16(5-2,6-3)10-21(11)15-8-13(18)12(17)7-14(15)19/h7-8,11,20H,4-6,9-10H2,1-3H3. The molecule has 5 heteroatoms. The van der Waals surface area contributed by atoms with Gasteiger partial charge in [-0.3, -0.25) is 0 Å². The van der Waals surface area contributed by atoms with E-state index in [2.05, 4.69) is 31.0 Å². The molecule has 0 spiro atoms. The highest BCUT2D eigenvalue weighted by Gasteiger charge is 2.36. The predicted octanol–water partition coefficient (Wildman–Crippen LogP) is 5.39. The summed E-state index contributed by atoms with van der Waals surface area (Å²) in [4.78, 5) is 2.40. The highest BCUT2D eigenvalue weighted by Crippen LogP contribution is 2.38. The van der Waals surface area contributed by atoms with Crippen LogP contribution in [-0.4, -0.2) is 24.7 Å². The van der Waals surface area contributed by atoms with Gasteiger partial charge in [-0.05, 0) is 31.4 Å². The summed E-state index contributed by atoms with van der Waals surface area (Å²) in [6.45, 7) is 8.58. The van der Waals surface area contributed by atoms with Crippen LogP contribution >= 0.6 is 34.8 Å². The third-order valence-corrected chi connectivity index (χ3v) is 5.78. The van der Waals surface area contributed by atoms with Crippen LogP contribution in [0.2, 0.25) is 15.1 Å². The Bertz CT molecular complexity index is 501. The van der Waals surface area contributed by atoms with Crippen molar-refractivity contribution in [2.75, 3.05) is 18.0 Å². The molecule has 1 aromatic rings. The van der Waals surface area contributed by atoms with Crippen LogP contribution in [0.1, 0.15) is 40.0 Å². The maximum Gasteiger partial charge on any atom is 0.0655 e. The summed E-state index contributed by atoms with van der Waals surface area (Å²) in [5.41, 5.74) is 1.13. The van der Waals surface area contributed by atoms with Crippen LogP contribution in [0.15, 0.2) is 12.1 Å². The summed E-state index contributed by atoms with van der Waals surface area (Å²) in [5, 5.41) is 5.47. The molecular weight excluding hydrogens is 327 g/mol. The van der Waals surface area contributed by atoms with E-state index >= 15 is 0 Å². The summed E-state index contributed by atoms with van der Waals surface area (Å²) >= 11 is 18.7. The normalized spacial score (nSPS) is 21.6. The first kappa shape index (κ1) is 17.2. The van der Waals surface area contributed by atoms with Crippen LogP contribution < -0.4 is 10.2 Å². The van der Waals surface area contributed by atoms with Crippen LogP contribution in [0.25, 0.3) is 0 Å². The molecule has 2 rings (SSSR count). The first-order chi connectivity index (χ1) is 9.96. The Kier molecular flexibility index (Phi) is 5.70. The van der Waals surface area contributed by atoms with E-state index in [1.807, 2.05) is 6.07 Å². The van der Waals surface area contributed by atoms with Crippen LogP contribution in [0.4, 0.5) is 5.69 Å². The van der Waals surface area contributed by atoms with Gasteiger partial charge < -0.3 is 10.2 Å². The highest BCUT2D eigenvalue weighted by molar-refractivity contribution is 6.44. The zero-order valence-corrected chi connectivity index (χ0v) is 15.1. The first-order valence-corrected chi connectivity index (χ1v) is 8.76. The average Bonchev–Trinajstić information content (AvgIpc) is 2.50. The quantitative estimate of drug-likeness (QED) is 0.733. The van der Waals surface area contributed by atoms with E-state index in [4.69, 9.17) is 34.8 Å². The van der Waals surface area contributed by atoms with Crippen molar-refractivity contribution in [2.45, 2.75) is 51.6 Å². The molecule has 118 valence electrons. The lowest BCUT2D eigenvalue weighted by atomic mass is 9.87. The van der Waals surface area contributed by atoms with Crippen molar-refractivity contribution in [3.8, 4) is 0 Å². The highest BCUT2D eigenvalue weighted by atomic mass is 35.5. The molecule has 1 atom stereocenters. The Morgan fingerprint density at radius 2 is 1.71 bits per heavy atom. The summed E-state index contributed by atoms with van der Waals surface area (Å²) in [7, 11) is 0. The molecule has 2 nitrogen and oxygen atoms in total. The minimum absolute atomic E-state index is 0.140. The van der Waals surface area contributed by atoms with Gasteiger partial charge in [-0.2, -0.15) is 0 Å². The smallest absolute Gasteiger partial charge is 0.0655 e. The molecule has 1 N–H and O–H groups in total. The number of rotatable bonds is 4. The summed E-state index contributed by atoms with van der Waals surface area (Å²) in [6, 6.07) is 4.07. The summed E-state index contributed by atoms with van der Waals surface area (Å²) in [5.74, 6) is 0. The number of piperazine rings is 1. The van der Waals surface area contributed by atoms with Crippen LogP contribution in [0.3, 0.4) is 0 Å². The molecule has 1 unspecified atom stereocenters. The Morgan fingerprint density at radius 3 is 2.29 bits per heavy atom. The number of halogens is 3. The Morgan fingerprint density at radius 1 is 1.10 bits per heavy atom. The number of anilines is 1. The topological polar surface area (TPSA) is 15.3 Å². The minimum Gasteiger partial charge on any atom is -0.364 e. The largest absolute Gasteiger partial charge is 0.364 e. The lowest BCUT2D eigenvalue weighted by Crippen LogP contribution is -2.64.